The van der Waals surface area contributed by atoms with E-state index in [1.807, 2.05) is 42.5 Å². The van der Waals surface area contributed by atoms with E-state index in [4.69, 9.17) is 4.74 Å². The van der Waals surface area contributed by atoms with Gasteiger partial charge in [-0.2, -0.15) is 0 Å². The summed E-state index contributed by atoms with van der Waals surface area (Å²) in [6.45, 7) is 4.10. The Kier molecular flexibility index (Phi) is 8.01. The quantitative estimate of drug-likeness (QED) is 0.193. The van der Waals surface area contributed by atoms with E-state index in [1.54, 1.807) is 42.1 Å². The topological polar surface area (TPSA) is 72.5 Å². The highest BCUT2D eigenvalue weighted by Crippen LogP contribution is 2.35. The zero-order chi connectivity index (χ0) is 25.7. The van der Waals surface area contributed by atoms with Crippen molar-refractivity contribution in [1.82, 2.24) is 0 Å². The van der Waals surface area contributed by atoms with Crippen molar-refractivity contribution in [3.05, 3.63) is 102 Å². The van der Waals surface area contributed by atoms with Crippen molar-refractivity contribution >= 4 is 44.2 Å². The zero-order valence-corrected chi connectivity index (χ0v) is 22.2. The molecular weight excluding hydrogens is 490 g/mol. The number of rotatable bonds is 9. The molecule has 0 heterocycles. The maximum absolute atomic E-state index is 13.3. The maximum Gasteiger partial charge on any atom is 0.340 e. The van der Waals surface area contributed by atoms with E-state index in [0.29, 0.717) is 0 Å². The van der Waals surface area contributed by atoms with Gasteiger partial charge in [0.2, 0.25) is 0 Å². The lowest BCUT2D eigenvalue weighted by atomic mass is 10.00. The van der Waals surface area contributed by atoms with Gasteiger partial charge < -0.3 is 4.74 Å². The van der Waals surface area contributed by atoms with Gasteiger partial charge in [-0.25, -0.2) is 13.2 Å². The van der Waals surface area contributed by atoms with Gasteiger partial charge in [-0.3, -0.25) is 4.72 Å². The van der Waals surface area contributed by atoms with Crippen LogP contribution in [-0.2, 0) is 21.2 Å². The Labute approximate surface area is 216 Å². The Bertz CT molecular complexity index is 1480. The lowest BCUT2D eigenvalue weighted by Gasteiger charge is -2.19. The van der Waals surface area contributed by atoms with Crippen LogP contribution in [0.5, 0.6) is 0 Å². The van der Waals surface area contributed by atoms with Gasteiger partial charge in [0.15, 0.2) is 0 Å². The summed E-state index contributed by atoms with van der Waals surface area (Å²) >= 11 is 1.65. The van der Waals surface area contributed by atoms with E-state index in [9.17, 15) is 13.2 Å². The summed E-state index contributed by atoms with van der Waals surface area (Å²) in [6.07, 6.45) is 0.882. The Balaban J connectivity index is 1.67. The lowest BCUT2D eigenvalue weighted by molar-refractivity contribution is 0.0601. The molecule has 0 fully saturated rings. The zero-order valence-electron chi connectivity index (χ0n) is 20.5. The fraction of sp³-hybridized carbons (Fsp3) is 0.207. The number of carbonyl (C=O) groups is 1. The van der Waals surface area contributed by atoms with E-state index < -0.39 is 16.0 Å². The average molecular weight is 520 g/mol. The third kappa shape index (κ3) is 5.91. The summed E-state index contributed by atoms with van der Waals surface area (Å²) in [6, 6.07) is 26.3. The van der Waals surface area contributed by atoms with Crippen LogP contribution < -0.4 is 4.72 Å². The standard InChI is InChI=1S/C29H29NO4S2/c1-20(2)25-18-27(30-36(32,33)24-14-13-22-11-7-8-12-23(22)17-24)26(29(31)34-3)19-28(25)35-16-15-21-9-5-4-6-10-21/h4-14,17-20,30H,15-16H2,1-3H3. The molecule has 0 aromatic heterocycles. The molecule has 0 radical (unpaired) electrons. The second-order valence-electron chi connectivity index (χ2n) is 8.78. The van der Waals surface area contributed by atoms with Crippen molar-refractivity contribution in [1.29, 1.82) is 0 Å². The van der Waals surface area contributed by atoms with E-state index in [-0.39, 0.29) is 22.1 Å². The van der Waals surface area contributed by atoms with Gasteiger partial charge in [-0.1, -0.05) is 74.5 Å². The molecule has 0 unspecified atom stereocenters. The number of methoxy groups -OCH3 is 1. The van der Waals surface area contributed by atoms with Crippen LogP contribution in [0.3, 0.4) is 0 Å². The number of fused-ring (bicyclic) bond motifs is 1. The van der Waals surface area contributed by atoms with E-state index in [0.717, 1.165) is 33.4 Å². The van der Waals surface area contributed by atoms with Crippen LogP contribution in [0.25, 0.3) is 10.8 Å². The number of sulfonamides is 1. The molecule has 0 aliphatic rings. The lowest BCUT2D eigenvalue weighted by Crippen LogP contribution is -2.17. The highest BCUT2D eigenvalue weighted by Gasteiger charge is 2.23. The van der Waals surface area contributed by atoms with Crippen molar-refractivity contribution in [2.45, 2.75) is 36.0 Å². The number of nitrogens with one attached hydrogen (secondary N) is 1. The Hall–Kier alpha value is -3.29. The summed E-state index contributed by atoms with van der Waals surface area (Å²) in [5, 5.41) is 1.77. The minimum absolute atomic E-state index is 0.125. The van der Waals surface area contributed by atoms with Gasteiger partial charge in [-0.15, -0.1) is 11.8 Å². The first-order chi connectivity index (χ1) is 17.3. The van der Waals surface area contributed by atoms with Crippen LogP contribution in [0.1, 0.15) is 41.3 Å². The highest BCUT2D eigenvalue weighted by molar-refractivity contribution is 7.99. The Morgan fingerprint density at radius 3 is 2.31 bits per heavy atom. The maximum atomic E-state index is 13.3. The predicted octanol–water partition coefficient (Wildman–Crippen LogP) is 6.89. The molecule has 4 aromatic rings. The molecule has 4 rings (SSSR count). The van der Waals surface area contributed by atoms with Crippen LogP contribution in [0, 0.1) is 0 Å². The first-order valence-corrected chi connectivity index (χ1v) is 14.2. The minimum atomic E-state index is -3.94. The van der Waals surface area contributed by atoms with Crippen LogP contribution >= 0.6 is 11.8 Å². The number of ether oxygens (including phenoxy) is 1. The van der Waals surface area contributed by atoms with Gasteiger partial charge in [0.1, 0.15) is 0 Å². The number of anilines is 1. The molecule has 0 amide bonds. The fourth-order valence-corrected chi connectivity index (χ4v) is 6.32. The van der Waals surface area contributed by atoms with Crippen molar-refractivity contribution in [3.63, 3.8) is 0 Å². The molecule has 0 saturated heterocycles. The Morgan fingerprint density at radius 2 is 1.61 bits per heavy atom. The SMILES string of the molecule is COC(=O)c1cc(SCCc2ccccc2)c(C(C)C)cc1NS(=O)(=O)c1ccc2ccccc2c1. The van der Waals surface area contributed by atoms with E-state index in [2.05, 4.69) is 30.7 Å². The van der Waals surface area contributed by atoms with Crippen molar-refractivity contribution in [2.24, 2.45) is 0 Å². The number of benzene rings is 4. The summed E-state index contributed by atoms with van der Waals surface area (Å²) in [5.74, 6) is 0.359. The Morgan fingerprint density at radius 1 is 0.917 bits per heavy atom. The monoisotopic (exact) mass is 519 g/mol. The smallest absolute Gasteiger partial charge is 0.340 e. The fourth-order valence-electron chi connectivity index (χ4n) is 4.00. The van der Waals surface area contributed by atoms with Gasteiger partial charge in [-0.05, 0) is 58.5 Å². The summed E-state index contributed by atoms with van der Waals surface area (Å²) in [4.78, 5) is 13.8. The molecule has 1 N–H and O–H groups in total. The number of carbonyl (C=O) groups excluding carboxylic acids is 1. The van der Waals surface area contributed by atoms with Gasteiger partial charge in [0, 0.05) is 10.6 Å². The number of hydrogen-bond donors (Lipinski definition) is 1. The number of thioether (sulfide) groups is 1. The third-order valence-electron chi connectivity index (χ3n) is 5.94. The van der Waals surface area contributed by atoms with Crippen molar-refractivity contribution < 1.29 is 17.9 Å². The molecule has 7 heteroatoms. The largest absolute Gasteiger partial charge is 0.465 e. The van der Waals surface area contributed by atoms with Crippen molar-refractivity contribution in [3.8, 4) is 0 Å². The molecule has 5 nitrogen and oxygen atoms in total. The highest BCUT2D eigenvalue weighted by atomic mass is 32.2. The molecule has 4 aromatic carbocycles. The van der Waals surface area contributed by atoms with E-state index in [1.165, 1.54) is 12.7 Å². The number of aryl methyl sites for hydroxylation is 1. The second kappa shape index (κ2) is 11.2. The van der Waals surface area contributed by atoms with Crippen LogP contribution in [0.15, 0.2) is 94.7 Å². The number of hydrogen-bond acceptors (Lipinski definition) is 5. The average Bonchev–Trinajstić information content (AvgIpc) is 2.88. The van der Waals surface area contributed by atoms with Crippen molar-refractivity contribution in [2.75, 3.05) is 17.6 Å². The van der Waals surface area contributed by atoms with E-state index >= 15 is 0 Å². The molecule has 0 saturated carbocycles. The minimum Gasteiger partial charge on any atom is -0.465 e. The van der Waals surface area contributed by atoms with Crippen LogP contribution in [-0.4, -0.2) is 27.2 Å². The summed E-state index contributed by atoms with van der Waals surface area (Å²) < 4.78 is 34.3. The van der Waals surface area contributed by atoms with Gasteiger partial charge in [0.25, 0.3) is 10.0 Å². The third-order valence-corrected chi connectivity index (χ3v) is 8.38. The van der Waals surface area contributed by atoms with Crippen LogP contribution in [0.4, 0.5) is 5.69 Å². The first kappa shape index (κ1) is 25.8. The molecule has 0 aliphatic carbocycles. The number of esters is 1. The molecule has 0 aliphatic heterocycles. The normalized spacial score (nSPS) is 11.6. The summed E-state index contributed by atoms with van der Waals surface area (Å²) in [7, 11) is -2.65. The molecule has 0 atom stereocenters. The first-order valence-electron chi connectivity index (χ1n) is 11.7. The predicted molar refractivity (Wildman–Crippen MR) is 147 cm³/mol. The molecular formula is C29H29NO4S2. The van der Waals surface area contributed by atoms with Gasteiger partial charge in [0.05, 0.1) is 23.3 Å². The van der Waals surface area contributed by atoms with Gasteiger partial charge >= 0.3 is 5.97 Å². The summed E-state index contributed by atoms with van der Waals surface area (Å²) in [5.41, 5.74) is 2.61. The molecule has 0 bridgehead atoms. The molecule has 0 spiro atoms. The molecule has 36 heavy (non-hydrogen) atoms. The molecule has 186 valence electrons. The second-order valence-corrected chi connectivity index (χ2v) is 11.6. The van der Waals surface area contributed by atoms with Crippen LogP contribution in [0.2, 0.25) is 0 Å².